The normalized spacial score (nSPS) is 16.9. The van der Waals surface area contributed by atoms with Gasteiger partial charge in [-0.05, 0) is 34.5 Å². The lowest BCUT2D eigenvalue weighted by molar-refractivity contribution is 0.0782. The summed E-state index contributed by atoms with van der Waals surface area (Å²) in [7, 11) is 1.75. The van der Waals surface area contributed by atoms with Gasteiger partial charge in [0.1, 0.15) is 5.82 Å². The molecule has 0 bridgehead atoms. The Morgan fingerprint density at radius 2 is 2.29 bits per heavy atom. The van der Waals surface area contributed by atoms with Gasteiger partial charge in [-0.15, -0.1) is 0 Å². The van der Waals surface area contributed by atoms with Crippen LogP contribution in [0, 0.1) is 6.92 Å². The zero-order valence-corrected chi connectivity index (χ0v) is 9.91. The van der Waals surface area contributed by atoms with E-state index in [2.05, 4.69) is 38.8 Å². The molecule has 0 unspecified atom stereocenters. The third-order valence-corrected chi connectivity index (χ3v) is 2.93. The second kappa shape index (κ2) is 3.87. The van der Waals surface area contributed by atoms with Gasteiger partial charge in [-0.25, -0.2) is 4.98 Å². The summed E-state index contributed by atoms with van der Waals surface area (Å²) in [6.45, 7) is 3.98. The Balaban J connectivity index is 2.11. The van der Waals surface area contributed by atoms with Crippen LogP contribution in [0.5, 0.6) is 0 Å². The van der Waals surface area contributed by atoms with Gasteiger partial charge >= 0.3 is 0 Å². The molecular formula is C10H13BrN2O. The standard InChI is InChI=1S/C10H13BrN2O/c1-7-3-8(11)4-12-10(7)13-5-9(6-13)14-2/h3-4,9H,5-6H2,1-2H3. The van der Waals surface area contributed by atoms with Crippen LogP contribution in [0.25, 0.3) is 0 Å². The molecule has 0 aliphatic carbocycles. The Hall–Kier alpha value is -0.610. The topological polar surface area (TPSA) is 25.4 Å². The molecule has 1 aliphatic heterocycles. The summed E-state index contributed by atoms with van der Waals surface area (Å²) in [5, 5.41) is 0. The number of nitrogens with zero attached hydrogens (tertiary/aromatic N) is 2. The number of anilines is 1. The van der Waals surface area contributed by atoms with Gasteiger partial charge in [-0.3, -0.25) is 0 Å². The molecule has 3 nitrogen and oxygen atoms in total. The smallest absolute Gasteiger partial charge is 0.131 e. The number of hydrogen-bond donors (Lipinski definition) is 0. The maximum atomic E-state index is 5.22. The van der Waals surface area contributed by atoms with Gasteiger partial charge in [0.15, 0.2) is 0 Å². The molecule has 0 amide bonds. The number of halogens is 1. The molecule has 76 valence electrons. The average Bonchev–Trinajstić information content (AvgIpc) is 2.06. The van der Waals surface area contributed by atoms with Gasteiger partial charge < -0.3 is 9.64 Å². The van der Waals surface area contributed by atoms with Crippen LogP contribution in [-0.4, -0.2) is 31.3 Å². The van der Waals surface area contributed by atoms with Crippen LogP contribution >= 0.6 is 15.9 Å². The maximum Gasteiger partial charge on any atom is 0.131 e. The molecule has 4 heteroatoms. The van der Waals surface area contributed by atoms with E-state index in [1.54, 1.807) is 7.11 Å². The minimum Gasteiger partial charge on any atom is -0.378 e. The van der Waals surface area contributed by atoms with Crippen LogP contribution in [-0.2, 0) is 4.74 Å². The van der Waals surface area contributed by atoms with E-state index in [1.807, 2.05) is 6.20 Å². The highest BCUT2D eigenvalue weighted by Crippen LogP contribution is 2.25. The lowest BCUT2D eigenvalue weighted by Crippen LogP contribution is -2.52. The van der Waals surface area contributed by atoms with Gasteiger partial charge in [0, 0.05) is 30.9 Å². The number of rotatable bonds is 2. The third-order valence-electron chi connectivity index (χ3n) is 2.50. The molecule has 2 rings (SSSR count). The van der Waals surface area contributed by atoms with Crippen molar-refractivity contribution in [1.82, 2.24) is 4.98 Å². The minimum atomic E-state index is 0.375. The van der Waals surface area contributed by atoms with Crippen molar-refractivity contribution in [3.8, 4) is 0 Å². The fourth-order valence-electron chi connectivity index (χ4n) is 1.62. The van der Waals surface area contributed by atoms with E-state index in [4.69, 9.17) is 4.74 Å². The van der Waals surface area contributed by atoms with Crippen LogP contribution in [0.1, 0.15) is 5.56 Å². The Bertz CT molecular complexity index is 337. The van der Waals surface area contributed by atoms with Crippen LogP contribution < -0.4 is 4.90 Å². The van der Waals surface area contributed by atoms with E-state index in [1.165, 1.54) is 5.56 Å². The molecule has 0 aromatic carbocycles. The lowest BCUT2D eigenvalue weighted by atomic mass is 10.1. The highest BCUT2D eigenvalue weighted by atomic mass is 79.9. The minimum absolute atomic E-state index is 0.375. The van der Waals surface area contributed by atoms with Crippen molar-refractivity contribution in [3.63, 3.8) is 0 Å². The van der Waals surface area contributed by atoms with Crippen molar-refractivity contribution in [2.75, 3.05) is 25.1 Å². The Morgan fingerprint density at radius 3 is 2.86 bits per heavy atom. The average molecular weight is 257 g/mol. The molecule has 1 aliphatic rings. The lowest BCUT2D eigenvalue weighted by Gasteiger charge is -2.39. The summed E-state index contributed by atoms with van der Waals surface area (Å²) in [5.41, 5.74) is 1.20. The molecule has 0 radical (unpaired) electrons. The van der Waals surface area contributed by atoms with Gasteiger partial charge in [0.2, 0.25) is 0 Å². The first kappa shape index (κ1) is 9.93. The summed E-state index contributed by atoms with van der Waals surface area (Å²) in [6.07, 6.45) is 2.21. The summed E-state index contributed by atoms with van der Waals surface area (Å²) in [4.78, 5) is 6.62. The van der Waals surface area contributed by atoms with Crippen molar-refractivity contribution < 1.29 is 4.74 Å². The van der Waals surface area contributed by atoms with Crippen LogP contribution in [0.4, 0.5) is 5.82 Å². The molecule has 1 aromatic heterocycles. The van der Waals surface area contributed by atoms with Crippen molar-refractivity contribution in [1.29, 1.82) is 0 Å². The van der Waals surface area contributed by atoms with E-state index in [0.29, 0.717) is 6.10 Å². The summed E-state index contributed by atoms with van der Waals surface area (Å²) >= 11 is 3.41. The Morgan fingerprint density at radius 1 is 1.57 bits per heavy atom. The zero-order valence-electron chi connectivity index (χ0n) is 8.33. The van der Waals surface area contributed by atoms with Gasteiger partial charge in [-0.2, -0.15) is 0 Å². The molecule has 0 saturated carbocycles. The summed E-state index contributed by atoms with van der Waals surface area (Å²) in [6, 6.07) is 2.09. The molecular weight excluding hydrogens is 244 g/mol. The Kier molecular flexibility index (Phi) is 2.74. The second-order valence-electron chi connectivity index (χ2n) is 3.56. The van der Waals surface area contributed by atoms with Crippen molar-refractivity contribution in [3.05, 3.63) is 22.3 Å². The Labute approximate surface area is 92.2 Å². The quantitative estimate of drug-likeness (QED) is 0.810. The van der Waals surface area contributed by atoms with Gasteiger partial charge in [0.05, 0.1) is 6.10 Å². The van der Waals surface area contributed by atoms with E-state index in [0.717, 1.165) is 23.4 Å². The first-order chi connectivity index (χ1) is 6.70. The number of methoxy groups -OCH3 is 1. The predicted molar refractivity (Wildman–Crippen MR) is 59.7 cm³/mol. The van der Waals surface area contributed by atoms with Crippen molar-refractivity contribution in [2.45, 2.75) is 13.0 Å². The van der Waals surface area contributed by atoms with Gasteiger partial charge in [0.25, 0.3) is 0 Å². The maximum absolute atomic E-state index is 5.22. The molecule has 0 N–H and O–H groups in total. The van der Waals surface area contributed by atoms with Crippen LogP contribution in [0.15, 0.2) is 16.7 Å². The summed E-state index contributed by atoms with van der Waals surface area (Å²) < 4.78 is 6.25. The fraction of sp³-hybridized carbons (Fsp3) is 0.500. The SMILES string of the molecule is COC1CN(c2ncc(Br)cc2C)C1. The summed E-state index contributed by atoms with van der Waals surface area (Å²) in [5.74, 6) is 1.07. The zero-order chi connectivity index (χ0) is 10.1. The number of aryl methyl sites for hydroxylation is 1. The van der Waals surface area contributed by atoms with Crippen LogP contribution in [0.3, 0.4) is 0 Å². The number of pyridine rings is 1. The number of aromatic nitrogens is 1. The highest BCUT2D eigenvalue weighted by Gasteiger charge is 2.28. The molecule has 1 fully saturated rings. The molecule has 14 heavy (non-hydrogen) atoms. The third kappa shape index (κ3) is 1.77. The highest BCUT2D eigenvalue weighted by molar-refractivity contribution is 9.10. The second-order valence-corrected chi connectivity index (χ2v) is 4.47. The predicted octanol–water partition coefficient (Wildman–Crippen LogP) is 1.99. The van der Waals surface area contributed by atoms with Crippen LogP contribution in [0.2, 0.25) is 0 Å². The molecule has 2 heterocycles. The molecule has 0 spiro atoms. The molecule has 1 saturated heterocycles. The van der Waals surface area contributed by atoms with E-state index in [9.17, 15) is 0 Å². The van der Waals surface area contributed by atoms with E-state index >= 15 is 0 Å². The van der Waals surface area contributed by atoms with Crippen molar-refractivity contribution in [2.24, 2.45) is 0 Å². The van der Waals surface area contributed by atoms with Gasteiger partial charge in [-0.1, -0.05) is 0 Å². The van der Waals surface area contributed by atoms with E-state index in [-0.39, 0.29) is 0 Å². The first-order valence-corrected chi connectivity index (χ1v) is 5.40. The van der Waals surface area contributed by atoms with E-state index < -0.39 is 0 Å². The van der Waals surface area contributed by atoms with Crippen molar-refractivity contribution >= 4 is 21.7 Å². The molecule has 0 atom stereocenters. The molecule has 1 aromatic rings. The largest absolute Gasteiger partial charge is 0.378 e. The number of hydrogen-bond acceptors (Lipinski definition) is 3. The first-order valence-electron chi connectivity index (χ1n) is 4.60. The fourth-order valence-corrected chi connectivity index (χ4v) is 2.07. The number of ether oxygens (including phenoxy) is 1. The monoisotopic (exact) mass is 256 g/mol.